The molecule has 1 aromatic carbocycles. The third kappa shape index (κ3) is 5.47. The molecule has 116 valence electrons. The van der Waals surface area contributed by atoms with E-state index < -0.39 is 5.54 Å². The van der Waals surface area contributed by atoms with E-state index in [-0.39, 0.29) is 25.0 Å². The fourth-order valence-electron chi connectivity index (χ4n) is 1.86. The number of hydrogen-bond donors (Lipinski definition) is 3. The Hall–Kier alpha value is -1.40. The summed E-state index contributed by atoms with van der Waals surface area (Å²) in [5.74, 6) is -0.578. The summed E-state index contributed by atoms with van der Waals surface area (Å²) in [5, 5.41) is 14.4. The van der Waals surface area contributed by atoms with Crippen molar-refractivity contribution in [1.82, 2.24) is 10.6 Å². The molecule has 0 saturated heterocycles. The first kappa shape index (κ1) is 17.7. The molecule has 0 fully saturated rings. The molecule has 5 nitrogen and oxygen atoms in total. The number of rotatable bonds is 7. The molecule has 2 amide bonds. The first-order valence-corrected chi connectivity index (χ1v) is 7.66. The predicted octanol–water partition coefficient (Wildman–Crippen LogP) is 1.85. The average molecular weight is 357 g/mol. The van der Waals surface area contributed by atoms with Crippen molar-refractivity contribution in [3.63, 3.8) is 0 Å². The lowest BCUT2D eigenvalue weighted by atomic mass is 9.95. The van der Waals surface area contributed by atoms with Crippen LogP contribution in [0.2, 0.25) is 0 Å². The van der Waals surface area contributed by atoms with E-state index in [4.69, 9.17) is 5.11 Å². The van der Waals surface area contributed by atoms with Crippen molar-refractivity contribution in [3.05, 3.63) is 34.3 Å². The molecule has 21 heavy (non-hydrogen) atoms. The SMILES string of the molecule is CCC(C)(CCO)NC(=O)CNC(=O)c1ccccc1Br. The molecule has 0 heterocycles. The topological polar surface area (TPSA) is 78.4 Å². The van der Waals surface area contributed by atoms with Gasteiger partial charge < -0.3 is 15.7 Å². The Morgan fingerprint density at radius 3 is 2.57 bits per heavy atom. The van der Waals surface area contributed by atoms with Crippen LogP contribution in [0.1, 0.15) is 37.0 Å². The number of aliphatic hydroxyl groups is 1. The van der Waals surface area contributed by atoms with Gasteiger partial charge >= 0.3 is 0 Å². The van der Waals surface area contributed by atoms with Crippen LogP contribution in [0.25, 0.3) is 0 Å². The molecule has 0 radical (unpaired) electrons. The summed E-state index contributed by atoms with van der Waals surface area (Å²) in [7, 11) is 0. The van der Waals surface area contributed by atoms with Gasteiger partial charge in [-0.1, -0.05) is 19.1 Å². The standard InChI is InChI=1S/C15H21BrN2O3/c1-3-15(2,8-9-19)18-13(20)10-17-14(21)11-6-4-5-7-12(11)16/h4-7,19H,3,8-10H2,1-2H3,(H,17,21)(H,18,20). The number of nitrogens with one attached hydrogen (secondary N) is 2. The van der Waals surface area contributed by atoms with Gasteiger partial charge in [0.25, 0.3) is 5.91 Å². The van der Waals surface area contributed by atoms with E-state index in [1.54, 1.807) is 18.2 Å². The highest BCUT2D eigenvalue weighted by Gasteiger charge is 2.23. The van der Waals surface area contributed by atoms with Crippen molar-refractivity contribution < 1.29 is 14.7 Å². The fraction of sp³-hybridized carbons (Fsp3) is 0.467. The summed E-state index contributed by atoms with van der Waals surface area (Å²) in [6, 6.07) is 7.02. The molecular formula is C15H21BrN2O3. The lowest BCUT2D eigenvalue weighted by molar-refractivity contribution is -0.122. The zero-order valence-corrected chi connectivity index (χ0v) is 13.9. The molecule has 6 heteroatoms. The average Bonchev–Trinajstić information content (AvgIpc) is 2.45. The maximum atomic E-state index is 12.0. The molecule has 1 aromatic rings. The lowest BCUT2D eigenvalue weighted by Gasteiger charge is -2.29. The number of halogens is 1. The van der Waals surface area contributed by atoms with Gasteiger partial charge in [-0.25, -0.2) is 0 Å². The molecule has 0 aromatic heterocycles. The molecule has 0 aliphatic carbocycles. The maximum Gasteiger partial charge on any atom is 0.252 e. The van der Waals surface area contributed by atoms with Crippen LogP contribution in [-0.4, -0.2) is 35.6 Å². The van der Waals surface area contributed by atoms with Gasteiger partial charge in [-0.15, -0.1) is 0 Å². The summed E-state index contributed by atoms with van der Waals surface area (Å²) >= 11 is 3.30. The third-order valence-corrected chi connectivity index (χ3v) is 4.10. The lowest BCUT2D eigenvalue weighted by Crippen LogP contribution is -2.49. The van der Waals surface area contributed by atoms with Crippen molar-refractivity contribution in [2.24, 2.45) is 0 Å². The number of benzene rings is 1. The number of amides is 2. The van der Waals surface area contributed by atoms with Gasteiger partial charge in [-0.05, 0) is 47.8 Å². The van der Waals surface area contributed by atoms with Crippen molar-refractivity contribution in [1.29, 1.82) is 0 Å². The second-order valence-electron chi connectivity index (χ2n) is 5.10. The first-order chi connectivity index (χ1) is 9.91. The van der Waals surface area contributed by atoms with Gasteiger partial charge in [-0.2, -0.15) is 0 Å². The zero-order chi connectivity index (χ0) is 15.9. The smallest absolute Gasteiger partial charge is 0.252 e. The molecule has 0 saturated carbocycles. The number of carbonyl (C=O) groups is 2. The highest BCUT2D eigenvalue weighted by molar-refractivity contribution is 9.10. The predicted molar refractivity (Wildman–Crippen MR) is 85.0 cm³/mol. The molecule has 0 aliphatic heterocycles. The monoisotopic (exact) mass is 356 g/mol. The van der Waals surface area contributed by atoms with E-state index in [0.29, 0.717) is 22.9 Å². The van der Waals surface area contributed by atoms with E-state index >= 15 is 0 Å². The van der Waals surface area contributed by atoms with Crippen LogP contribution in [-0.2, 0) is 4.79 Å². The molecule has 0 aliphatic rings. The molecular weight excluding hydrogens is 336 g/mol. The number of carbonyl (C=O) groups excluding carboxylic acids is 2. The second kappa shape index (κ2) is 8.14. The van der Waals surface area contributed by atoms with Gasteiger partial charge in [-0.3, -0.25) is 9.59 Å². The third-order valence-electron chi connectivity index (χ3n) is 3.41. The van der Waals surface area contributed by atoms with E-state index in [0.717, 1.165) is 0 Å². The van der Waals surface area contributed by atoms with Crippen molar-refractivity contribution in [2.75, 3.05) is 13.2 Å². The van der Waals surface area contributed by atoms with E-state index in [1.165, 1.54) is 0 Å². The molecule has 3 N–H and O–H groups in total. The summed E-state index contributed by atoms with van der Waals surface area (Å²) in [4.78, 5) is 23.9. The van der Waals surface area contributed by atoms with Gasteiger partial charge in [0.1, 0.15) is 0 Å². The molecule has 1 unspecified atom stereocenters. The summed E-state index contributed by atoms with van der Waals surface area (Å²) < 4.78 is 0.682. The molecule has 1 atom stereocenters. The number of hydrogen-bond acceptors (Lipinski definition) is 3. The van der Waals surface area contributed by atoms with Crippen molar-refractivity contribution >= 4 is 27.7 Å². The van der Waals surface area contributed by atoms with Crippen LogP contribution in [0.5, 0.6) is 0 Å². The summed E-state index contributed by atoms with van der Waals surface area (Å²) in [6.45, 7) is 3.72. The van der Waals surface area contributed by atoms with Crippen LogP contribution in [0.4, 0.5) is 0 Å². The Kier molecular flexibility index (Phi) is 6.84. The van der Waals surface area contributed by atoms with Crippen LogP contribution in [0.15, 0.2) is 28.7 Å². The minimum atomic E-state index is -0.454. The van der Waals surface area contributed by atoms with E-state index in [2.05, 4.69) is 26.6 Å². The fourth-order valence-corrected chi connectivity index (χ4v) is 2.32. The van der Waals surface area contributed by atoms with E-state index in [1.807, 2.05) is 19.9 Å². The molecule has 1 rings (SSSR count). The Labute approximate surface area is 133 Å². The van der Waals surface area contributed by atoms with Crippen molar-refractivity contribution in [3.8, 4) is 0 Å². The minimum absolute atomic E-state index is 0.00788. The Morgan fingerprint density at radius 1 is 1.33 bits per heavy atom. The van der Waals surface area contributed by atoms with Gasteiger partial charge in [0, 0.05) is 16.6 Å². The van der Waals surface area contributed by atoms with Crippen LogP contribution in [0.3, 0.4) is 0 Å². The summed E-state index contributed by atoms with van der Waals surface area (Å²) in [5.41, 5.74) is 0.0306. The Morgan fingerprint density at radius 2 is 2.00 bits per heavy atom. The van der Waals surface area contributed by atoms with Gasteiger partial charge in [0.15, 0.2) is 0 Å². The van der Waals surface area contributed by atoms with Crippen LogP contribution >= 0.6 is 15.9 Å². The second-order valence-corrected chi connectivity index (χ2v) is 5.95. The largest absolute Gasteiger partial charge is 0.396 e. The van der Waals surface area contributed by atoms with Gasteiger partial charge in [0.05, 0.1) is 12.1 Å². The quantitative estimate of drug-likeness (QED) is 0.697. The summed E-state index contributed by atoms with van der Waals surface area (Å²) in [6.07, 6.45) is 1.19. The van der Waals surface area contributed by atoms with Crippen LogP contribution < -0.4 is 10.6 Å². The molecule has 0 spiro atoms. The van der Waals surface area contributed by atoms with Crippen molar-refractivity contribution in [2.45, 2.75) is 32.2 Å². The highest BCUT2D eigenvalue weighted by Crippen LogP contribution is 2.15. The Balaban J connectivity index is 2.53. The Bertz CT molecular complexity index is 507. The first-order valence-electron chi connectivity index (χ1n) is 6.86. The van der Waals surface area contributed by atoms with Crippen LogP contribution in [0, 0.1) is 0 Å². The zero-order valence-electron chi connectivity index (χ0n) is 12.3. The van der Waals surface area contributed by atoms with Gasteiger partial charge in [0.2, 0.25) is 5.91 Å². The normalized spacial score (nSPS) is 13.3. The highest BCUT2D eigenvalue weighted by atomic mass is 79.9. The minimum Gasteiger partial charge on any atom is -0.396 e. The van der Waals surface area contributed by atoms with E-state index in [9.17, 15) is 9.59 Å². The molecule has 0 bridgehead atoms. The number of aliphatic hydroxyl groups excluding tert-OH is 1. The maximum absolute atomic E-state index is 12.0.